The highest BCUT2D eigenvalue weighted by Gasteiger charge is 2.07. The number of nitrogens with zero attached hydrogens (tertiary/aromatic N) is 1. The largest absolute Gasteiger partial charge is 0.436 e. The molecule has 0 aliphatic carbocycles. The van der Waals surface area contributed by atoms with E-state index < -0.39 is 0 Å². The standard InChI is InChI=1S/C24H21N3OS/c1-16-10-12-18(13-11-16)21-15-19-7-3-4-9-22(19)28-23(21)26-27-24(29)25-20-8-5-6-17(2)14-20/h3-15H,1-2H3,(H2,25,27,29)/b26-23+. The molecule has 1 heterocycles. The Morgan fingerprint density at radius 2 is 1.66 bits per heavy atom. The summed E-state index contributed by atoms with van der Waals surface area (Å²) in [5.41, 5.74) is 9.33. The van der Waals surface area contributed by atoms with Gasteiger partial charge in [0.2, 0.25) is 5.55 Å². The first-order chi connectivity index (χ1) is 14.1. The van der Waals surface area contributed by atoms with E-state index in [0.29, 0.717) is 10.7 Å². The Morgan fingerprint density at radius 3 is 2.45 bits per heavy atom. The van der Waals surface area contributed by atoms with Crippen LogP contribution in [0.1, 0.15) is 11.1 Å². The van der Waals surface area contributed by atoms with Gasteiger partial charge in [0.1, 0.15) is 5.58 Å². The molecule has 144 valence electrons. The maximum atomic E-state index is 6.08. The normalized spacial score (nSPS) is 11.4. The van der Waals surface area contributed by atoms with Crippen molar-refractivity contribution in [3.8, 4) is 11.1 Å². The Balaban J connectivity index is 1.70. The summed E-state index contributed by atoms with van der Waals surface area (Å²) in [5, 5.41) is 9.01. The monoisotopic (exact) mass is 399 g/mol. The number of para-hydroxylation sites is 1. The van der Waals surface area contributed by atoms with Gasteiger partial charge >= 0.3 is 0 Å². The van der Waals surface area contributed by atoms with Gasteiger partial charge in [-0.1, -0.05) is 60.2 Å². The van der Waals surface area contributed by atoms with Crippen LogP contribution >= 0.6 is 12.2 Å². The average molecular weight is 400 g/mol. The Bertz CT molecular complexity index is 1240. The van der Waals surface area contributed by atoms with E-state index in [0.717, 1.165) is 33.3 Å². The molecule has 5 heteroatoms. The van der Waals surface area contributed by atoms with Crippen molar-refractivity contribution >= 4 is 34.0 Å². The lowest BCUT2D eigenvalue weighted by Crippen LogP contribution is -2.26. The fraction of sp³-hybridized carbons (Fsp3) is 0.0833. The van der Waals surface area contributed by atoms with Gasteiger partial charge in [0, 0.05) is 16.6 Å². The zero-order valence-corrected chi connectivity index (χ0v) is 17.1. The molecule has 0 amide bonds. The van der Waals surface area contributed by atoms with Crippen LogP contribution in [0.5, 0.6) is 0 Å². The fourth-order valence-corrected chi connectivity index (χ4v) is 3.24. The molecule has 4 aromatic rings. The van der Waals surface area contributed by atoms with Crippen LogP contribution in [0, 0.1) is 13.8 Å². The fourth-order valence-electron chi connectivity index (χ4n) is 3.08. The number of hydrogen-bond acceptors (Lipinski definition) is 3. The predicted octanol–water partition coefficient (Wildman–Crippen LogP) is 5.52. The first kappa shape index (κ1) is 18.9. The summed E-state index contributed by atoms with van der Waals surface area (Å²) in [7, 11) is 0. The maximum absolute atomic E-state index is 6.08. The number of nitrogens with one attached hydrogen (secondary N) is 2. The first-order valence-corrected chi connectivity index (χ1v) is 9.77. The van der Waals surface area contributed by atoms with E-state index in [2.05, 4.69) is 53.1 Å². The molecule has 0 spiro atoms. The van der Waals surface area contributed by atoms with Crippen molar-refractivity contribution in [3.05, 3.63) is 95.5 Å². The number of rotatable bonds is 3. The summed E-state index contributed by atoms with van der Waals surface area (Å²) >= 11 is 5.39. The van der Waals surface area contributed by atoms with E-state index in [4.69, 9.17) is 16.6 Å². The molecule has 0 aliphatic heterocycles. The number of benzene rings is 3. The second-order valence-corrected chi connectivity index (χ2v) is 7.32. The SMILES string of the molecule is Cc1ccc(-c2cc3ccccc3o/c2=N/NC(=S)Nc2cccc(C)c2)cc1. The zero-order valence-electron chi connectivity index (χ0n) is 16.3. The quantitative estimate of drug-likeness (QED) is 0.352. The first-order valence-electron chi connectivity index (χ1n) is 9.36. The van der Waals surface area contributed by atoms with Crippen molar-refractivity contribution in [2.24, 2.45) is 5.10 Å². The summed E-state index contributed by atoms with van der Waals surface area (Å²) < 4.78 is 6.08. The second kappa shape index (κ2) is 8.29. The predicted molar refractivity (Wildman–Crippen MR) is 122 cm³/mol. The number of fused-ring (bicyclic) bond motifs is 1. The van der Waals surface area contributed by atoms with Crippen LogP contribution in [0.3, 0.4) is 0 Å². The summed E-state index contributed by atoms with van der Waals surface area (Å²) in [5.74, 6) is 0. The van der Waals surface area contributed by atoms with Crippen LogP contribution in [0.2, 0.25) is 0 Å². The molecule has 0 aliphatic rings. The molecule has 0 saturated heterocycles. The highest BCUT2D eigenvalue weighted by molar-refractivity contribution is 7.80. The minimum Gasteiger partial charge on any atom is -0.436 e. The number of aryl methyl sites for hydroxylation is 2. The van der Waals surface area contributed by atoms with Crippen LogP contribution in [-0.2, 0) is 0 Å². The lowest BCUT2D eigenvalue weighted by atomic mass is 10.0. The highest BCUT2D eigenvalue weighted by atomic mass is 32.1. The van der Waals surface area contributed by atoms with E-state index in [9.17, 15) is 0 Å². The van der Waals surface area contributed by atoms with Gasteiger partial charge in [0.15, 0.2) is 5.11 Å². The Morgan fingerprint density at radius 1 is 0.862 bits per heavy atom. The molecule has 0 saturated carbocycles. The van der Waals surface area contributed by atoms with Gasteiger partial charge in [-0.3, -0.25) is 0 Å². The number of hydrogen-bond donors (Lipinski definition) is 2. The third kappa shape index (κ3) is 4.52. The average Bonchev–Trinajstić information content (AvgIpc) is 2.72. The Kier molecular flexibility index (Phi) is 5.40. The van der Waals surface area contributed by atoms with Crippen LogP contribution in [0.4, 0.5) is 5.69 Å². The van der Waals surface area contributed by atoms with Gasteiger partial charge in [-0.2, -0.15) is 0 Å². The van der Waals surface area contributed by atoms with Gasteiger partial charge in [-0.05, 0) is 61.5 Å². The molecule has 2 N–H and O–H groups in total. The van der Waals surface area contributed by atoms with Crippen LogP contribution in [-0.4, -0.2) is 5.11 Å². The van der Waals surface area contributed by atoms with E-state index in [1.165, 1.54) is 5.56 Å². The van der Waals surface area contributed by atoms with Crippen molar-refractivity contribution in [2.75, 3.05) is 5.32 Å². The maximum Gasteiger partial charge on any atom is 0.244 e. The van der Waals surface area contributed by atoms with E-state index in [1.807, 2.05) is 55.5 Å². The zero-order chi connectivity index (χ0) is 20.2. The lowest BCUT2D eigenvalue weighted by Gasteiger charge is -2.09. The van der Waals surface area contributed by atoms with E-state index >= 15 is 0 Å². The van der Waals surface area contributed by atoms with Crippen molar-refractivity contribution in [1.82, 2.24) is 5.43 Å². The van der Waals surface area contributed by atoms with Crippen LogP contribution < -0.4 is 16.3 Å². The Labute approximate surface area is 174 Å². The molecule has 0 atom stereocenters. The van der Waals surface area contributed by atoms with Crippen molar-refractivity contribution in [1.29, 1.82) is 0 Å². The molecular weight excluding hydrogens is 378 g/mol. The molecule has 0 fully saturated rings. The van der Waals surface area contributed by atoms with Gasteiger partial charge in [-0.15, -0.1) is 5.10 Å². The molecule has 0 radical (unpaired) electrons. The van der Waals surface area contributed by atoms with Gasteiger partial charge in [-0.25, -0.2) is 5.43 Å². The van der Waals surface area contributed by atoms with Crippen LogP contribution in [0.25, 0.3) is 22.1 Å². The van der Waals surface area contributed by atoms with E-state index in [1.54, 1.807) is 0 Å². The molecular formula is C24H21N3OS. The van der Waals surface area contributed by atoms with E-state index in [-0.39, 0.29) is 0 Å². The number of anilines is 1. The minimum absolute atomic E-state index is 0.397. The smallest absolute Gasteiger partial charge is 0.244 e. The second-order valence-electron chi connectivity index (χ2n) is 6.92. The minimum atomic E-state index is 0.397. The number of thiocarbonyl (C=S) groups is 1. The third-order valence-corrected chi connectivity index (χ3v) is 4.75. The molecule has 1 aromatic heterocycles. The summed E-state index contributed by atoms with van der Waals surface area (Å²) in [4.78, 5) is 0. The molecule has 4 rings (SSSR count). The molecule has 3 aromatic carbocycles. The summed E-state index contributed by atoms with van der Waals surface area (Å²) in [6, 6.07) is 26.2. The topological polar surface area (TPSA) is 49.6 Å². The summed E-state index contributed by atoms with van der Waals surface area (Å²) in [6.45, 7) is 4.10. The Hall–Kier alpha value is -3.44. The van der Waals surface area contributed by atoms with Gasteiger partial charge in [0.25, 0.3) is 0 Å². The molecule has 0 bridgehead atoms. The molecule has 4 nitrogen and oxygen atoms in total. The van der Waals surface area contributed by atoms with Crippen molar-refractivity contribution < 1.29 is 4.42 Å². The molecule has 29 heavy (non-hydrogen) atoms. The van der Waals surface area contributed by atoms with Crippen LogP contribution in [0.15, 0.2) is 88.4 Å². The van der Waals surface area contributed by atoms with Gasteiger partial charge in [0.05, 0.1) is 0 Å². The molecule has 0 unspecified atom stereocenters. The van der Waals surface area contributed by atoms with Crippen molar-refractivity contribution in [3.63, 3.8) is 0 Å². The van der Waals surface area contributed by atoms with Gasteiger partial charge < -0.3 is 9.73 Å². The highest BCUT2D eigenvalue weighted by Crippen LogP contribution is 2.21. The summed E-state index contributed by atoms with van der Waals surface area (Å²) in [6.07, 6.45) is 0. The van der Waals surface area contributed by atoms with Crippen molar-refractivity contribution in [2.45, 2.75) is 13.8 Å². The lowest BCUT2D eigenvalue weighted by molar-refractivity contribution is 0.533. The third-order valence-electron chi connectivity index (χ3n) is 4.55.